The number of hydrogen-bond acceptors (Lipinski definition) is 12. The van der Waals surface area contributed by atoms with Gasteiger partial charge in [0.05, 0.1) is 23.7 Å². The highest BCUT2D eigenvalue weighted by molar-refractivity contribution is 7.90. The highest BCUT2D eigenvalue weighted by Gasteiger charge is 2.37. The van der Waals surface area contributed by atoms with Crippen LogP contribution in [0.5, 0.6) is 5.75 Å². The number of fused-ring (bicyclic) bond motifs is 1. The number of guanidine groups is 1. The number of nitrogens with one attached hydrogen (secondary N) is 6. The lowest BCUT2D eigenvalue weighted by Gasteiger charge is -2.29. The molecular formula is C52H85N9O10S. The van der Waals surface area contributed by atoms with Crippen LogP contribution in [0.25, 0.3) is 0 Å². The first-order valence-corrected chi connectivity index (χ1v) is 26.9. The molecule has 1 aliphatic rings. The molecule has 5 amide bonds. The molecule has 0 radical (unpaired) electrons. The molecule has 3 rings (SSSR count). The van der Waals surface area contributed by atoms with Crippen LogP contribution in [0.1, 0.15) is 135 Å². The van der Waals surface area contributed by atoms with Gasteiger partial charge in [0.2, 0.25) is 35.5 Å². The number of carbonyl (C=O) groups is 5. The van der Waals surface area contributed by atoms with Crippen molar-refractivity contribution in [1.82, 2.24) is 31.3 Å². The average molecular weight is 1030 g/mol. The predicted molar refractivity (Wildman–Crippen MR) is 280 cm³/mol. The van der Waals surface area contributed by atoms with Crippen LogP contribution in [-0.2, 0) is 56.3 Å². The average Bonchev–Trinajstić information content (AvgIpc) is 3.64. The van der Waals surface area contributed by atoms with Crippen molar-refractivity contribution in [2.45, 2.75) is 181 Å². The molecule has 20 heteroatoms. The summed E-state index contributed by atoms with van der Waals surface area (Å²) in [5.41, 5.74) is 13.9. The zero-order valence-electron chi connectivity index (χ0n) is 44.7. The maximum absolute atomic E-state index is 14.2. The molecule has 0 bridgehead atoms. The highest BCUT2D eigenvalue weighted by atomic mass is 32.2. The number of carbonyl (C=O) groups excluding carboxylic acids is 5. The summed E-state index contributed by atoms with van der Waals surface area (Å²) in [6, 6.07) is 4.63. The van der Waals surface area contributed by atoms with E-state index in [1.807, 2.05) is 51.1 Å². The Labute approximate surface area is 428 Å². The van der Waals surface area contributed by atoms with Crippen LogP contribution in [0.15, 0.2) is 40.2 Å². The number of amides is 5. The molecule has 0 saturated heterocycles. The van der Waals surface area contributed by atoms with Crippen molar-refractivity contribution in [3.8, 4) is 5.75 Å². The zero-order chi connectivity index (χ0) is 53.8. The molecule has 4 atom stereocenters. The number of nitrogens with two attached hydrogens (primary N) is 2. The molecule has 72 heavy (non-hydrogen) atoms. The van der Waals surface area contributed by atoms with E-state index in [2.05, 4.69) is 43.2 Å². The molecule has 0 aliphatic carbocycles. The van der Waals surface area contributed by atoms with Gasteiger partial charge in [-0.15, -0.1) is 0 Å². The van der Waals surface area contributed by atoms with Crippen molar-refractivity contribution >= 4 is 45.5 Å². The number of unbranched alkanes of at least 4 members (excludes halogenated alkanes) is 5. The van der Waals surface area contributed by atoms with Gasteiger partial charge in [-0.05, 0) is 103 Å². The van der Waals surface area contributed by atoms with E-state index in [-0.39, 0.29) is 68.9 Å². The quantitative estimate of drug-likeness (QED) is 0.0315. The summed E-state index contributed by atoms with van der Waals surface area (Å²) in [5.74, 6) is -3.24. The third kappa shape index (κ3) is 19.9. The van der Waals surface area contributed by atoms with Crippen molar-refractivity contribution in [2.75, 3.05) is 39.5 Å². The minimum Gasteiger partial charge on any atom is -0.487 e. The topological polar surface area (TPSA) is 284 Å². The molecule has 0 aromatic heterocycles. The number of rotatable bonds is 30. The summed E-state index contributed by atoms with van der Waals surface area (Å²) in [5, 5.41) is 14.0. The molecule has 0 spiro atoms. The number of ether oxygens (including phenoxy) is 3. The lowest BCUT2D eigenvalue weighted by molar-refractivity contribution is -0.137. The van der Waals surface area contributed by atoms with Gasteiger partial charge in [0.25, 0.3) is 10.0 Å². The van der Waals surface area contributed by atoms with Crippen LogP contribution < -0.4 is 47.5 Å². The Morgan fingerprint density at radius 2 is 1.46 bits per heavy atom. The fourth-order valence-corrected chi connectivity index (χ4v) is 9.78. The largest absolute Gasteiger partial charge is 0.487 e. The maximum Gasteiger partial charge on any atom is 0.264 e. The van der Waals surface area contributed by atoms with Gasteiger partial charge in [-0.3, -0.25) is 29.0 Å². The number of nitrogens with zero attached hydrogens (tertiary/aromatic N) is 1. The number of hydrogen-bond donors (Lipinski definition) is 8. The summed E-state index contributed by atoms with van der Waals surface area (Å²) in [4.78, 5) is 73.4. The monoisotopic (exact) mass is 1030 g/mol. The summed E-state index contributed by atoms with van der Waals surface area (Å²) in [6.45, 7) is 20.2. The minimum absolute atomic E-state index is 0.00335. The smallest absolute Gasteiger partial charge is 0.264 e. The van der Waals surface area contributed by atoms with Crippen LogP contribution in [0.3, 0.4) is 0 Å². The van der Waals surface area contributed by atoms with Gasteiger partial charge in [-0.2, -0.15) is 0 Å². The first kappa shape index (κ1) is 61.0. The van der Waals surface area contributed by atoms with Crippen LogP contribution in [0.4, 0.5) is 0 Å². The third-order valence-electron chi connectivity index (χ3n) is 12.2. The molecule has 0 saturated carbocycles. The Hall–Kier alpha value is -5.31. The second kappa shape index (κ2) is 28.8. The first-order valence-electron chi connectivity index (χ1n) is 25.4. The fraction of sp³-hybridized carbons (Fsp3) is 0.654. The molecule has 10 N–H and O–H groups in total. The lowest BCUT2D eigenvalue weighted by atomic mass is 9.94. The van der Waals surface area contributed by atoms with E-state index in [1.165, 1.54) is 6.42 Å². The Balaban J connectivity index is 1.79. The Morgan fingerprint density at radius 1 is 0.819 bits per heavy atom. The second-order valence-corrected chi connectivity index (χ2v) is 22.2. The van der Waals surface area contributed by atoms with Crippen LogP contribution in [-0.4, -0.2) is 119 Å². The molecule has 0 unspecified atom stereocenters. The van der Waals surface area contributed by atoms with E-state index < -0.39 is 74.9 Å². The third-order valence-corrected chi connectivity index (χ3v) is 13.8. The van der Waals surface area contributed by atoms with E-state index in [0.717, 1.165) is 48.8 Å². The Bertz CT molecular complexity index is 2270. The fourth-order valence-electron chi connectivity index (χ4n) is 8.25. The second-order valence-electron chi connectivity index (χ2n) is 20.6. The lowest BCUT2D eigenvalue weighted by Crippen LogP contribution is -2.60. The zero-order valence-corrected chi connectivity index (χ0v) is 45.5. The molecule has 2 aromatic rings. The van der Waals surface area contributed by atoms with Crippen molar-refractivity contribution in [2.24, 2.45) is 22.4 Å². The predicted octanol–water partition coefficient (Wildman–Crippen LogP) is 3.80. The van der Waals surface area contributed by atoms with Gasteiger partial charge in [-0.1, -0.05) is 83.2 Å². The van der Waals surface area contributed by atoms with Crippen LogP contribution in [0, 0.1) is 26.7 Å². The molecule has 0 fully saturated rings. The summed E-state index contributed by atoms with van der Waals surface area (Å²) in [6.07, 6.45) is 7.16. The summed E-state index contributed by atoms with van der Waals surface area (Å²) >= 11 is 0. The van der Waals surface area contributed by atoms with Gasteiger partial charge in [0.15, 0.2) is 0 Å². The number of aliphatic imine (C=N–C) groups is 1. The van der Waals surface area contributed by atoms with Crippen molar-refractivity contribution < 1.29 is 46.6 Å². The summed E-state index contributed by atoms with van der Waals surface area (Å²) in [7, 11) is -4.18. The number of sulfonamides is 1. The van der Waals surface area contributed by atoms with Gasteiger partial charge >= 0.3 is 0 Å². The summed E-state index contributed by atoms with van der Waals surface area (Å²) < 4.78 is 47.3. The van der Waals surface area contributed by atoms with Gasteiger partial charge in [0.1, 0.15) is 42.1 Å². The van der Waals surface area contributed by atoms with Crippen molar-refractivity contribution in [3.63, 3.8) is 0 Å². The van der Waals surface area contributed by atoms with Crippen LogP contribution in [0.2, 0.25) is 0 Å². The molecule has 1 heterocycles. The van der Waals surface area contributed by atoms with Crippen molar-refractivity contribution in [3.05, 3.63) is 58.1 Å². The highest BCUT2D eigenvalue weighted by Crippen LogP contribution is 2.43. The normalized spacial score (nSPS) is 15.1. The maximum atomic E-state index is 14.2. The molecular weight excluding hydrogens is 943 g/mol. The number of benzene rings is 2. The van der Waals surface area contributed by atoms with E-state index in [9.17, 15) is 32.4 Å². The molecule has 2 aromatic carbocycles. The van der Waals surface area contributed by atoms with Gasteiger partial charge in [-0.25, -0.2) is 13.1 Å². The van der Waals surface area contributed by atoms with E-state index >= 15 is 0 Å². The van der Waals surface area contributed by atoms with Gasteiger partial charge < -0.3 is 52.3 Å². The minimum atomic E-state index is -4.18. The van der Waals surface area contributed by atoms with E-state index in [0.29, 0.717) is 29.8 Å². The Morgan fingerprint density at radius 3 is 2.10 bits per heavy atom. The Kier molecular flexibility index (Phi) is 24.4. The first-order chi connectivity index (χ1) is 33.8. The van der Waals surface area contributed by atoms with Gasteiger partial charge in [0, 0.05) is 38.0 Å². The molecule has 1 aliphatic heterocycles. The van der Waals surface area contributed by atoms with E-state index in [1.54, 1.807) is 48.5 Å². The van der Waals surface area contributed by atoms with E-state index in [4.69, 9.17) is 25.7 Å². The van der Waals surface area contributed by atoms with Crippen molar-refractivity contribution in [1.29, 1.82) is 0 Å². The SMILES string of the molecule is CCCCCCCCNC(=O)[C@H](Cc1ccccc1)NC(=O)[C@H](COC(C)(C)C)NC(=O)[C@@H](NC(=O)[C@H](CCCN=C(N)NS(=O)(=O)c1c(C)c(C)c2c(c1C)CC(C)(C)O2)NC(=O)COCCN)C(C)C. The standard InChI is InChI=1S/C52H85N9O10S/c1-12-13-14-15-16-20-26-55-46(63)40(29-37-22-18-17-19-23-37)58-48(65)41(31-70-51(7,8)9)59-49(66)43(33(2)3)60-47(64)39(57-42(62)32-69-28-25-53)24-21-27-56-50(54)61-72(67,68)45-35(5)34(4)44-38(36(45)6)30-52(10,11)71-44/h17-19,22-23,33,39-41,43H,12-16,20-21,24-32,53H2,1-11H3,(H,55,63)(H,57,62)(H,58,65)(H,59,66)(H,60,64)(H3,54,56,61)/t39-,40-,41-,43-/m0/s1. The molecule has 19 nitrogen and oxygen atoms in total. The van der Waals surface area contributed by atoms with Crippen LogP contribution >= 0.6 is 0 Å². The molecule has 404 valence electrons.